The Kier molecular flexibility index (Phi) is 4.85. The maximum Gasteiger partial charge on any atom is 0.327 e. The summed E-state index contributed by atoms with van der Waals surface area (Å²) >= 11 is 0. The van der Waals surface area contributed by atoms with Gasteiger partial charge in [0.1, 0.15) is 5.54 Å². The summed E-state index contributed by atoms with van der Waals surface area (Å²) in [5, 5.41) is 3.49. The smallest absolute Gasteiger partial charge is 0.327 e. The predicted molar refractivity (Wildman–Crippen MR) is 76.0 cm³/mol. The van der Waals surface area contributed by atoms with Crippen LogP contribution in [0.15, 0.2) is 0 Å². The third-order valence-corrected chi connectivity index (χ3v) is 4.03. The summed E-state index contributed by atoms with van der Waals surface area (Å²) in [6, 6.07) is 0.508. The van der Waals surface area contributed by atoms with Crippen molar-refractivity contribution in [2.24, 2.45) is 5.92 Å². The Morgan fingerprint density at radius 1 is 1.32 bits per heavy atom. The molecular weight excluding hydrogens is 240 g/mol. The van der Waals surface area contributed by atoms with E-state index in [2.05, 4.69) is 17.1 Å². The normalized spacial score (nSPS) is 22.3. The molecule has 0 aromatic carbocycles. The number of carbonyl (C=O) groups is 1. The molecule has 0 heterocycles. The minimum Gasteiger partial charge on any atom is -0.465 e. The molecule has 0 amide bonds. The first kappa shape index (κ1) is 14.8. The van der Waals surface area contributed by atoms with Crippen molar-refractivity contribution in [1.29, 1.82) is 0 Å². The zero-order valence-corrected chi connectivity index (χ0v) is 12.6. The molecule has 0 aromatic rings. The summed E-state index contributed by atoms with van der Waals surface area (Å²) in [5.41, 5.74) is -0.553. The van der Waals surface area contributed by atoms with Crippen LogP contribution < -0.4 is 5.32 Å². The monoisotopic (exact) mass is 268 g/mol. The SMILES string of the molecule is CCOC(=O)C(C)(CN(CC)CC1CC1)NC1CC1. The van der Waals surface area contributed by atoms with Crippen LogP contribution in [0.2, 0.25) is 0 Å². The van der Waals surface area contributed by atoms with Gasteiger partial charge in [0.25, 0.3) is 0 Å². The Morgan fingerprint density at radius 3 is 2.47 bits per heavy atom. The van der Waals surface area contributed by atoms with Crippen molar-refractivity contribution in [3.8, 4) is 0 Å². The highest BCUT2D eigenvalue weighted by molar-refractivity contribution is 5.80. The fourth-order valence-corrected chi connectivity index (χ4v) is 2.56. The molecule has 1 unspecified atom stereocenters. The van der Waals surface area contributed by atoms with Gasteiger partial charge in [0.2, 0.25) is 0 Å². The lowest BCUT2D eigenvalue weighted by atomic mass is 10.0. The van der Waals surface area contributed by atoms with Gasteiger partial charge in [0.05, 0.1) is 6.61 Å². The van der Waals surface area contributed by atoms with E-state index in [1.54, 1.807) is 0 Å². The highest BCUT2D eigenvalue weighted by Gasteiger charge is 2.41. The second kappa shape index (κ2) is 6.23. The van der Waals surface area contributed by atoms with Gasteiger partial charge in [-0.3, -0.25) is 10.1 Å². The highest BCUT2D eigenvalue weighted by Crippen LogP contribution is 2.30. The quantitative estimate of drug-likeness (QED) is 0.647. The number of ether oxygens (including phenoxy) is 1. The van der Waals surface area contributed by atoms with E-state index in [4.69, 9.17) is 4.74 Å². The molecule has 0 bridgehead atoms. The zero-order valence-electron chi connectivity index (χ0n) is 12.6. The van der Waals surface area contributed by atoms with Crippen molar-refractivity contribution < 1.29 is 9.53 Å². The van der Waals surface area contributed by atoms with Crippen molar-refractivity contribution in [1.82, 2.24) is 10.2 Å². The topological polar surface area (TPSA) is 41.6 Å². The molecule has 110 valence electrons. The third kappa shape index (κ3) is 4.46. The first-order valence-corrected chi connectivity index (χ1v) is 7.74. The van der Waals surface area contributed by atoms with Crippen molar-refractivity contribution in [3.05, 3.63) is 0 Å². The number of esters is 1. The van der Waals surface area contributed by atoms with Gasteiger partial charge in [-0.15, -0.1) is 0 Å². The van der Waals surface area contributed by atoms with Gasteiger partial charge in [-0.25, -0.2) is 0 Å². The van der Waals surface area contributed by atoms with E-state index < -0.39 is 5.54 Å². The molecule has 1 atom stereocenters. The standard InChI is InChI=1S/C15H28N2O2/c1-4-17(10-12-6-7-12)11-15(3,14(18)19-5-2)16-13-8-9-13/h12-13,16H,4-11H2,1-3H3. The van der Waals surface area contributed by atoms with Crippen LogP contribution in [0.3, 0.4) is 0 Å². The van der Waals surface area contributed by atoms with Crippen LogP contribution in [0.25, 0.3) is 0 Å². The Bertz CT molecular complexity index is 313. The number of carbonyl (C=O) groups excluding carboxylic acids is 1. The number of nitrogens with zero attached hydrogens (tertiary/aromatic N) is 1. The third-order valence-electron chi connectivity index (χ3n) is 4.03. The van der Waals surface area contributed by atoms with Crippen LogP contribution in [0.4, 0.5) is 0 Å². The number of hydrogen-bond donors (Lipinski definition) is 1. The first-order chi connectivity index (χ1) is 9.07. The predicted octanol–water partition coefficient (Wildman–Crippen LogP) is 1.79. The van der Waals surface area contributed by atoms with E-state index in [-0.39, 0.29) is 5.97 Å². The van der Waals surface area contributed by atoms with Gasteiger partial charge in [-0.2, -0.15) is 0 Å². The minimum atomic E-state index is -0.553. The van der Waals surface area contributed by atoms with E-state index in [9.17, 15) is 4.79 Å². The van der Waals surface area contributed by atoms with Gasteiger partial charge in [-0.1, -0.05) is 6.92 Å². The Balaban J connectivity index is 1.95. The minimum absolute atomic E-state index is 0.101. The second-order valence-corrected chi connectivity index (χ2v) is 6.24. The van der Waals surface area contributed by atoms with Crippen molar-refractivity contribution in [2.75, 3.05) is 26.2 Å². The Morgan fingerprint density at radius 2 is 2.00 bits per heavy atom. The maximum atomic E-state index is 12.3. The number of rotatable bonds is 9. The average Bonchev–Trinajstić information content (AvgIpc) is 3.24. The lowest BCUT2D eigenvalue weighted by Gasteiger charge is -2.34. The molecule has 2 aliphatic rings. The summed E-state index contributed by atoms with van der Waals surface area (Å²) in [5.74, 6) is 0.753. The van der Waals surface area contributed by atoms with Crippen LogP contribution in [0, 0.1) is 5.92 Å². The van der Waals surface area contributed by atoms with Crippen LogP contribution in [0.1, 0.15) is 46.5 Å². The lowest BCUT2D eigenvalue weighted by Crippen LogP contribution is -2.58. The van der Waals surface area contributed by atoms with E-state index in [1.165, 1.54) is 25.7 Å². The zero-order chi connectivity index (χ0) is 13.9. The first-order valence-electron chi connectivity index (χ1n) is 7.74. The maximum absolute atomic E-state index is 12.3. The molecule has 0 radical (unpaired) electrons. The molecule has 2 fully saturated rings. The summed E-state index contributed by atoms with van der Waals surface area (Å²) in [7, 11) is 0. The van der Waals surface area contributed by atoms with E-state index >= 15 is 0 Å². The van der Waals surface area contributed by atoms with Gasteiger partial charge in [-0.05, 0) is 52.0 Å². The lowest BCUT2D eigenvalue weighted by molar-refractivity contribution is -0.151. The number of hydrogen-bond acceptors (Lipinski definition) is 4. The van der Waals surface area contributed by atoms with Gasteiger partial charge in [0.15, 0.2) is 0 Å². The molecule has 4 heteroatoms. The van der Waals surface area contributed by atoms with Gasteiger partial charge in [0, 0.05) is 19.1 Å². The fourth-order valence-electron chi connectivity index (χ4n) is 2.56. The summed E-state index contributed by atoms with van der Waals surface area (Å²) < 4.78 is 5.27. The van der Waals surface area contributed by atoms with E-state index in [0.717, 1.165) is 25.6 Å². The molecule has 0 aliphatic heterocycles. The van der Waals surface area contributed by atoms with E-state index in [0.29, 0.717) is 12.6 Å². The molecule has 4 nitrogen and oxygen atoms in total. The van der Waals surface area contributed by atoms with Crippen molar-refractivity contribution in [3.63, 3.8) is 0 Å². The van der Waals surface area contributed by atoms with E-state index in [1.807, 2.05) is 13.8 Å². The van der Waals surface area contributed by atoms with Gasteiger partial charge < -0.3 is 9.64 Å². The number of likely N-dealkylation sites (N-methyl/N-ethyl adjacent to an activating group) is 1. The summed E-state index contributed by atoms with van der Waals surface area (Å²) in [4.78, 5) is 14.7. The molecule has 0 spiro atoms. The second-order valence-electron chi connectivity index (χ2n) is 6.24. The van der Waals surface area contributed by atoms with Crippen LogP contribution >= 0.6 is 0 Å². The van der Waals surface area contributed by atoms with Crippen molar-refractivity contribution >= 4 is 5.97 Å². The molecule has 1 N–H and O–H groups in total. The van der Waals surface area contributed by atoms with Crippen LogP contribution in [-0.4, -0.2) is 48.7 Å². The summed E-state index contributed by atoms with van der Waals surface area (Å²) in [6.45, 7) is 9.38. The fraction of sp³-hybridized carbons (Fsp3) is 0.933. The molecule has 0 saturated heterocycles. The highest BCUT2D eigenvalue weighted by atomic mass is 16.5. The molecule has 2 rings (SSSR count). The van der Waals surface area contributed by atoms with Crippen molar-refractivity contribution in [2.45, 2.75) is 58.0 Å². The largest absolute Gasteiger partial charge is 0.465 e. The molecule has 2 aliphatic carbocycles. The average molecular weight is 268 g/mol. The summed E-state index contributed by atoms with van der Waals surface area (Å²) in [6.07, 6.45) is 5.07. The number of nitrogens with one attached hydrogen (secondary N) is 1. The Labute approximate surface area is 116 Å². The molecule has 19 heavy (non-hydrogen) atoms. The molecular formula is C15H28N2O2. The molecule has 0 aromatic heterocycles. The molecule has 2 saturated carbocycles. The Hall–Kier alpha value is -0.610. The van der Waals surface area contributed by atoms with Crippen LogP contribution in [-0.2, 0) is 9.53 Å². The van der Waals surface area contributed by atoms with Crippen LogP contribution in [0.5, 0.6) is 0 Å². The van der Waals surface area contributed by atoms with Gasteiger partial charge >= 0.3 is 5.97 Å².